The monoisotopic (exact) mass is 284 g/mol. The summed E-state index contributed by atoms with van der Waals surface area (Å²) >= 11 is 0. The summed E-state index contributed by atoms with van der Waals surface area (Å²) in [6, 6.07) is 9.19. The van der Waals surface area contributed by atoms with Crippen LogP contribution in [0.4, 0.5) is 5.69 Å². The highest BCUT2D eigenvalue weighted by atomic mass is 16.2. The quantitative estimate of drug-likeness (QED) is 0.645. The van der Waals surface area contributed by atoms with Gasteiger partial charge >= 0.3 is 0 Å². The molecule has 2 rings (SSSR count). The van der Waals surface area contributed by atoms with Crippen LogP contribution in [-0.2, 0) is 9.59 Å². The number of carbonyl (C=O) groups is 2. The Morgan fingerprint density at radius 2 is 1.81 bits per heavy atom. The van der Waals surface area contributed by atoms with E-state index in [0.717, 1.165) is 5.70 Å². The maximum atomic E-state index is 12.3. The molecule has 4 nitrogen and oxygen atoms in total. The average Bonchev–Trinajstić information content (AvgIpc) is 3.28. The minimum Gasteiger partial charge on any atom is -0.329 e. The topological polar surface area (TPSA) is 58.2 Å². The first-order chi connectivity index (χ1) is 10.1. The average molecular weight is 284 g/mol. The first-order valence-corrected chi connectivity index (χ1v) is 7.06. The van der Waals surface area contributed by atoms with Gasteiger partial charge in [-0.3, -0.25) is 9.59 Å². The number of hydrogen-bond acceptors (Lipinski definition) is 2. The van der Waals surface area contributed by atoms with Crippen LogP contribution >= 0.6 is 0 Å². The van der Waals surface area contributed by atoms with E-state index in [9.17, 15) is 9.59 Å². The highest BCUT2D eigenvalue weighted by Gasteiger charge is 2.56. The molecule has 2 amide bonds. The summed E-state index contributed by atoms with van der Waals surface area (Å²) in [6.45, 7) is 3.71. The van der Waals surface area contributed by atoms with E-state index in [-0.39, 0.29) is 11.8 Å². The number of para-hydroxylation sites is 1. The fourth-order valence-electron chi connectivity index (χ4n) is 2.04. The van der Waals surface area contributed by atoms with Gasteiger partial charge in [-0.25, -0.2) is 0 Å². The predicted octanol–water partition coefficient (Wildman–Crippen LogP) is 3.00. The predicted molar refractivity (Wildman–Crippen MR) is 83.5 cm³/mol. The Hall–Kier alpha value is -2.36. The van der Waals surface area contributed by atoms with E-state index in [1.54, 1.807) is 0 Å². The zero-order valence-corrected chi connectivity index (χ0v) is 12.3. The molecule has 0 heterocycles. The van der Waals surface area contributed by atoms with Gasteiger partial charge in [0, 0.05) is 11.4 Å². The van der Waals surface area contributed by atoms with E-state index >= 15 is 0 Å². The minimum atomic E-state index is -0.916. The number of benzene rings is 1. The van der Waals surface area contributed by atoms with Crippen molar-refractivity contribution in [1.82, 2.24) is 5.32 Å². The summed E-state index contributed by atoms with van der Waals surface area (Å²) in [5.74, 6) is -0.459. The summed E-state index contributed by atoms with van der Waals surface area (Å²) in [4.78, 5) is 24.6. The van der Waals surface area contributed by atoms with Crippen molar-refractivity contribution in [3.8, 4) is 0 Å². The van der Waals surface area contributed by atoms with Gasteiger partial charge in [-0.2, -0.15) is 0 Å². The molecule has 1 saturated carbocycles. The highest BCUT2D eigenvalue weighted by Crippen LogP contribution is 2.47. The van der Waals surface area contributed by atoms with Crippen LogP contribution in [0.1, 0.15) is 26.7 Å². The van der Waals surface area contributed by atoms with Crippen molar-refractivity contribution in [1.29, 1.82) is 0 Å². The first-order valence-electron chi connectivity index (χ1n) is 7.06. The van der Waals surface area contributed by atoms with Crippen LogP contribution in [0, 0.1) is 5.41 Å². The largest absolute Gasteiger partial charge is 0.329 e. The Bertz CT molecular complexity index is 584. The molecule has 0 saturated heterocycles. The first kappa shape index (κ1) is 15.0. The number of allylic oxidation sites excluding steroid dienone is 4. The molecule has 4 heteroatoms. The SMILES string of the molecule is C/C=C\C=C(/C)NC(=O)C1(C(=O)Nc2ccccc2)CC1. The maximum absolute atomic E-state index is 12.3. The zero-order chi connectivity index (χ0) is 15.3. The van der Waals surface area contributed by atoms with Gasteiger partial charge < -0.3 is 10.6 Å². The molecule has 110 valence electrons. The fraction of sp³-hybridized carbons (Fsp3) is 0.294. The van der Waals surface area contributed by atoms with Crippen molar-refractivity contribution in [2.45, 2.75) is 26.7 Å². The van der Waals surface area contributed by atoms with Crippen LogP contribution in [0.5, 0.6) is 0 Å². The molecular formula is C17H20N2O2. The van der Waals surface area contributed by atoms with Gasteiger partial charge in [0.15, 0.2) is 0 Å². The molecule has 1 aromatic rings. The molecule has 0 bridgehead atoms. The molecule has 21 heavy (non-hydrogen) atoms. The molecule has 2 N–H and O–H groups in total. The van der Waals surface area contributed by atoms with Crippen molar-refractivity contribution in [3.63, 3.8) is 0 Å². The number of nitrogens with one attached hydrogen (secondary N) is 2. The van der Waals surface area contributed by atoms with Crippen LogP contribution in [0.2, 0.25) is 0 Å². The second-order valence-electron chi connectivity index (χ2n) is 5.23. The van der Waals surface area contributed by atoms with E-state index in [1.165, 1.54) is 0 Å². The minimum absolute atomic E-state index is 0.228. The fourth-order valence-corrected chi connectivity index (χ4v) is 2.04. The maximum Gasteiger partial charge on any atom is 0.240 e. The molecule has 0 radical (unpaired) electrons. The molecule has 1 aliphatic carbocycles. The molecule has 0 aliphatic heterocycles. The van der Waals surface area contributed by atoms with Gasteiger partial charge in [-0.15, -0.1) is 0 Å². The van der Waals surface area contributed by atoms with Crippen molar-refractivity contribution >= 4 is 17.5 Å². The second-order valence-corrected chi connectivity index (χ2v) is 5.23. The number of rotatable bonds is 5. The summed E-state index contributed by atoms with van der Waals surface area (Å²) in [6.07, 6.45) is 6.72. The Kier molecular flexibility index (Phi) is 4.58. The smallest absolute Gasteiger partial charge is 0.240 e. The molecule has 1 fully saturated rings. The van der Waals surface area contributed by atoms with Crippen molar-refractivity contribution in [3.05, 3.63) is 54.3 Å². The molecule has 0 aromatic heterocycles. The Balaban J connectivity index is 2.01. The molecule has 0 unspecified atom stereocenters. The standard InChI is InChI=1S/C17H20N2O2/c1-3-4-8-13(2)18-15(20)17(11-12-17)16(21)19-14-9-6-5-7-10-14/h3-10H,11-12H2,1-2H3,(H,18,20)(H,19,21)/b4-3-,13-8+. The molecule has 0 spiro atoms. The Morgan fingerprint density at radius 1 is 1.14 bits per heavy atom. The van der Waals surface area contributed by atoms with Crippen molar-refractivity contribution in [2.75, 3.05) is 5.32 Å². The zero-order valence-electron chi connectivity index (χ0n) is 12.3. The molecule has 0 atom stereocenters. The highest BCUT2D eigenvalue weighted by molar-refractivity contribution is 6.13. The third-order valence-corrected chi connectivity index (χ3v) is 3.50. The Labute approximate surface area is 124 Å². The molecular weight excluding hydrogens is 264 g/mol. The van der Waals surface area contributed by atoms with E-state index in [1.807, 2.05) is 62.4 Å². The van der Waals surface area contributed by atoms with Crippen LogP contribution in [0.25, 0.3) is 0 Å². The number of amides is 2. The third-order valence-electron chi connectivity index (χ3n) is 3.50. The Morgan fingerprint density at radius 3 is 2.38 bits per heavy atom. The summed E-state index contributed by atoms with van der Waals surface area (Å²) in [7, 11) is 0. The van der Waals surface area contributed by atoms with Crippen molar-refractivity contribution in [2.24, 2.45) is 5.41 Å². The van der Waals surface area contributed by atoms with Gasteiger partial charge in [0.25, 0.3) is 0 Å². The molecule has 1 aromatic carbocycles. The normalized spacial score (nSPS) is 16.6. The van der Waals surface area contributed by atoms with Crippen molar-refractivity contribution < 1.29 is 9.59 Å². The lowest BCUT2D eigenvalue weighted by atomic mass is 10.0. The van der Waals surface area contributed by atoms with Gasteiger partial charge in [-0.05, 0) is 44.9 Å². The van der Waals surface area contributed by atoms with Gasteiger partial charge in [0.1, 0.15) is 5.41 Å². The van der Waals surface area contributed by atoms with Crippen LogP contribution in [-0.4, -0.2) is 11.8 Å². The lowest BCUT2D eigenvalue weighted by molar-refractivity contribution is -0.133. The van der Waals surface area contributed by atoms with E-state index < -0.39 is 5.41 Å². The lowest BCUT2D eigenvalue weighted by Gasteiger charge is -2.15. The summed E-state index contributed by atoms with van der Waals surface area (Å²) in [5.41, 5.74) is 0.528. The number of anilines is 1. The van der Waals surface area contributed by atoms with E-state index in [2.05, 4.69) is 10.6 Å². The molecule has 1 aliphatic rings. The number of hydrogen-bond donors (Lipinski definition) is 2. The summed E-state index contributed by atoms with van der Waals surface area (Å²) in [5, 5.41) is 5.60. The van der Waals surface area contributed by atoms with Gasteiger partial charge in [0.2, 0.25) is 11.8 Å². The van der Waals surface area contributed by atoms with Gasteiger partial charge in [-0.1, -0.05) is 30.4 Å². The second kappa shape index (κ2) is 6.39. The van der Waals surface area contributed by atoms with E-state index in [4.69, 9.17) is 0 Å². The van der Waals surface area contributed by atoms with Crippen LogP contribution < -0.4 is 10.6 Å². The van der Waals surface area contributed by atoms with E-state index in [0.29, 0.717) is 18.5 Å². The number of carbonyl (C=O) groups excluding carboxylic acids is 2. The van der Waals surface area contributed by atoms with Crippen LogP contribution in [0.3, 0.4) is 0 Å². The third kappa shape index (κ3) is 3.60. The lowest BCUT2D eigenvalue weighted by Crippen LogP contribution is -2.39. The summed E-state index contributed by atoms with van der Waals surface area (Å²) < 4.78 is 0. The van der Waals surface area contributed by atoms with Crippen LogP contribution in [0.15, 0.2) is 54.3 Å². The van der Waals surface area contributed by atoms with Gasteiger partial charge in [0.05, 0.1) is 0 Å².